The molecule has 0 saturated carbocycles. The molecular weight excluding hydrogens is 284 g/mol. The summed E-state index contributed by atoms with van der Waals surface area (Å²) in [4.78, 5) is 33.6. The third-order valence-electron chi connectivity index (χ3n) is 1.98. The van der Waals surface area contributed by atoms with Crippen LogP contribution in [0.3, 0.4) is 0 Å². The van der Waals surface area contributed by atoms with Gasteiger partial charge in [0.15, 0.2) is 16.7 Å². The second-order valence-corrected chi connectivity index (χ2v) is 4.08. The maximum absolute atomic E-state index is 11.6. The number of nitrogens with zero attached hydrogens (tertiary/aromatic N) is 2. The summed E-state index contributed by atoms with van der Waals surface area (Å²) in [6, 6.07) is 0. The zero-order chi connectivity index (χ0) is 15.0. The van der Waals surface area contributed by atoms with Crippen molar-refractivity contribution in [1.82, 2.24) is 15.3 Å². The summed E-state index contributed by atoms with van der Waals surface area (Å²) in [5.74, 6) is -0.412. The minimum atomic E-state index is -0.617. The van der Waals surface area contributed by atoms with Crippen molar-refractivity contribution in [2.24, 2.45) is 4.99 Å². The Morgan fingerprint density at radius 2 is 2.10 bits per heavy atom. The molecule has 0 fully saturated rings. The van der Waals surface area contributed by atoms with Crippen LogP contribution in [0.25, 0.3) is 0 Å². The molecule has 1 aromatic heterocycles. The molecule has 0 aliphatic heterocycles. The first-order valence-electron chi connectivity index (χ1n) is 5.89. The van der Waals surface area contributed by atoms with Crippen molar-refractivity contribution in [1.29, 1.82) is 0 Å². The van der Waals surface area contributed by atoms with Crippen LogP contribution in [0.2, 0.25) is 0 Å². The van der Waals surface area contributed by atoms with E-state index in [4.69, 9.17) is 9.47 Å². The standard InChI is InChI=1S/C11H16N4O4S/c1-4-18-9(16)7-8(13-6-12-7)14-10(20-3)15-11(17)19-5-2/h6H,4-5H2,1-3H3,(H,12,13)(H,14,15,17). The van der Waals surface area contributed by atoms with E-state index in [1.54, 1.807) is 20.1 Å². The average molecular weight is 300 g/mol. The summed E-state index contributed by atoms with van der Waals surface area (Å²) >= 11 is 1.19. The van der Waals surface area contributed by atoms with Crippen molar-refractivity contribution < 1.29 is 19.1 Å². The molecule has 0 aliphatic rings. The SMILES string of the molecule is CCOC(=O)N/C(=N/c1nc[nH]c1C(=O)OCC)SC. The first-order chi connectivity index (χ1) is 9.62. The van der Waals surface area contributed by atoms with Gasteiger partial charge in [0.05, 0.1) is 19.5 Å². The van der Waals surface area contributed by atoms with Gasteiger partial charge in [0.1, 0.15) is 0 Å². The van der Waals surface area contributed by atoms with Crippen LogP contribution < -0.4 is 5.32 Å². The number of carbonyl (C=O) groups excluding carboxylic acids is 2. The summed E-state index contributed by atoms with van der Waals surface area (Å²) in [5.41, 5.74) is 0.129. The maximum atomic E-state index is 11.6. The second-order valence-electron chi connectivity index (χ2n) is 3.29. The van der Waals surface area contributed by atoms with E-state index in [1.807, 2.05) is 0 Å². The molecule has 0 radical (unpaired) electrons. The number of nitrogens with one attached hydrogen (secondary N) is 2. The zero-order valence-corrected chi connectivity index (χ0v) is 12.2. The minimum Gasteiger partial charge on any atom is -0.461 e. The first kappa shape index (κ1) is 16.0. The highest BCUT2D eigenvalue weighted by Crippen LogP contribution is 2.16. The molecule has 0 bridgehead atoms. The van der Waals surface area contributed by atoms with Crippen molar-refractivity contribution in [3.8, 4) is 0 Å². The van der Waals surface area contributed by atoms with Gasteiger partial charge >= 0.3 is 12.1 Å². The number of hydrogen-bond donors (Lipinski definition) is 2. The highest BCUT2D eigenvalue weighted by atomic mass is 32.2. The van der Waals surface area contributed by atoms with Gasteiger partial charge in [-0.3, -0.25) is 5.32 Å². The van der Waals surface area contributed by atoms with Gasteiger partial charge in [0.2, 0.25) is 0 Å². The Morgan fingerprint density at radius 3 is 2.70 bits per heavy atom. The number of aromatic amines is 1. The van der Waals surface area contributed by atoms with E-state index >= 15 is 0 Å². The normalized spacial score (nSPS) is 11.1. The van der Waals surface area contributed by atoms with Crippen molar-refractivity contribution in [3.05, 3.63) is 12.0 Å². The molecule has 1 amide bonds. The molecule has 0 saturated heterocycles. The largest absolute Gasteiger partial charge is 0.461 e. The fourth-order valence-corrected chi connectivity index (χ4v) is 1.56. The number of rotatable bonds is 4. The number of aliphatic imine (C=N–C) groups is 1. The van der Waals surface area contributed by atoms with Gasteiger partial charge in [0.25, 0.3) is 0 Å². The number of ether oxygens (including phenoxy) is 2. The smallest absolute Gasteiger partial charge is 0.413 e. The van der Waals surface area contributed by atoms with Crippen molar-refractivity contribution in [3.63, 3.8) is 0 Å². The number of imidazole rings is 1. The number of carbonyl (C=O) groups is 2. The van der Waals surface area contributed by atoms with E-state index in [1.165, 1.54) is 18.1 Å². The first-order valence-corrected chi connectivity index (χ1v) is 7.11. The van der Waals surface area contributed by atoms with Crippen LogP contribution in [0.4, 0.5) is 10.6 Å². The highest BCUT2D eigenvalue weighted by molar-refractivity contribution is 8.13. The molecule has 2 N–H and O–H groups in total. The van der Waals surface area contributed by atoms with Crippen LogP contribution in [0, 0.1) is 0 Å². The van der Waals surface area contributed by atoms with Crippen LogP contribution in [0.1, 0.15) is 24.3 Å². The molecule has 0 spiro atoms. The van der Waals surface area contributed by atoms with Crippen molar-refractivity contribution in [2.45, 2.75) is 13.8 Å². The third kappa shape index (κ3) is 4.57. The molecule has 1 aromatic rings. The lowest BCUT2D eigenvalue weighted by Gasteiger charge is -2.05. The summed E-state index contributed by atoms with van der Waals surface area (Å²) in [5, 5.41) is 2.71. The fourth-order valence-electron chi connectivity index (χ4n) is 1.20. The Labute approximate surface area is 120 Å². The van der Waals surface area contributed by atoms with E-state index in [0.29, 0.717) is 0 Å². The topological polar surface area (TPSA) is 106 Å². The minimum absolute atomic E-state index is 0.129. The van der Waals surface area contributed by atoms with Gasteiger partial charge in [-0.05, 0) is 20.1 Å². The number of amides is 1. The van der Waals surface area contributed by atoms with Crippen LogP contribution in [-0.4, -0.2) is 46.7 Å². The predicted molar refractivity (Wildman–Crippen MR) is 75.3 cm³/mol. The zero-order valence-electron chi connectivity index (χ0n) is 11.4. The van der Waals surface area contributed by atoms with E-state index in [0.717, 1.165) is 0 Å². The highest BCUT2D eigenvalue weighted by Gasteiger charge is 2.16. The van der Waals surface area contributed by atoms with E-state index < -0.39 is 12.1 Å². The predicted octanol–water partition coefficient (Wildman–Crippen LogP) is 1.68. The van der Waals surface area contributed by atoms with Gasteiger partial charge in [-0.25, -0.2) is 19.6 Å². The number of hydrogen-bond acceptors (Lipinski definition) is 7. The quantitative estimate of drug-likeness (QED) is 0.498. The van der Waals surface area contributed by atoms with Crippen LogP contribution >= 0.6 is 11.8 Å². The van der Waals surface area contributed by atoms with E-state index in [-0.39, 0.29) is 29.9 Å². The molecule has 1 rings (SSSR count). The van der Waals surface area contributed by atoms with Crippen LogP contribution in [-0.2, 0) is 9.47 Å². The van der Waals surface area contributed by atoms with Crippen molar-refractivity contribution >= 4 is 34.8 Å². The monoisotopic (exact) mass is 300 g/mol. The van der Waals surface area contributed by atoms with Gasteiger partial charge < -0.3 is 14.5 Å². The number of alkyl carbamates (subject to hydrolysis) is 1. The Kier molecular flexibility index (Phi) is 6.57. The van der Waals surface area contributed by atoms with Gasteiger partial charge in [0, 0.05) is 0 Å². The summed E-state index contributed by atoms with van der Waals surface area (Å²) in [7, 11) is 0. The van der Waals surface area contributed by atoms with Crippen LogP contribution in [0.5, 0.6) is 0 Å². The molecule has 20 heavy (non-hydrogen) atoms. The maximum Gasteiger partial charge on any atom is 0.413 e. The Morgan fingerprint density at radius 1 is 1.40 bits per heavy atom. The van der Waals surface area contributed by atoms with Crippen molar-refractivity contribution in [2.75, 3.05) is 19.5 Å². The Hall–Kier alpha value is -2.03. The molecule has 0 atom stereocenters. The van der Waals surface area contributed by atoms with Gasteiger partial charge in [-0.15, -0.1) is 0 Å². The molecule has 0 unspecified atom stereocenters. The molecule has 8 nitrogen and oxygen atoms in total. The Balaban J connectivity index is 2.88. The number of amidine groups is 1. The number of aromatic nitrogens is 2. The third-order valence-corrected chi connectivity index (χ3v) is 2.56. The summed E-state index contributed by atoms with van der Waals surface area (Å²) < 4.78 is 9.61. The van der Waals surface area contributed by atoms with Gasteiger partial charge in [-0.2, -0.15) is 0 Å². The molecular formula is C11H16N4O4S. The molecule has 1 heterocycles. The number of esters is 1. The fraction of sp³-hybridized carbons (Fsp3) is 0.455. The van der Waals surface area contributed by atoms with E-state index in [2.05, 4.69) is 20.3 Å². The lowest BCUT2D eigenvalue weighted by Crippen LogP contribution is -2.28. The lowest BCUT2D eigenvalue weighted by atomic mass is 10.4. The Bertz CT molecular complexity index is 500. The average Bonchev–Trinajstić information content (AvgIpc) is 2.86. The second kappa shape index (κ2) is 8.20. The van der Waals surface area contributed by atoms with E-state index in [9.17, 15) is 9.59 Å². The molecule has 0 aliphatic carbocycles. The lowest BCUT2D eigenvalue weighted by molar-refractivity contribution is 0.0521. The molecule has 9 heteroatoms. The van der Waals surface area contributed by atoms with Gasteiger partial charge in [-0.1, -0.05) is 11.8 Å². The number of H-pyrrole nitrogens is 1. The van der Waals surface area contributed by atoms with Crippen LogP contribution in [0.15, 0.2) is 11.3 Å². The summed E-state index contributed by atoms with van der Waals surface area (Å²) in [6.45, 7) is 3.90. The number of thioether (sulfide) groups is 1. The molecule has 0 aromatic carbocycles. The molecule has 110 valence electrons. The summed E-state index contributed by atoms with van der Waals surface area (Å²) in [6.07, 6.45) is 2.43.